The minimum atomic E-state index is 0.448. The Balaban J connectivity index is 0. The fourth-order valence-corrected chi connectivity index (χ4v) is 5.37. The molecule has 0 radical (unpaired) electrons. The standard InChI is InChI=1S/C18H36O.C17H36O/c1-5-9-13-18(14-10-6-2,15-11-7-3)17-19-16-12-8-4;1-5-9-12-17(13-10-6-2,14-11-7-3)16-18-15-8-4/h8,12H,5-7,9-11,13-17H2,1-4H3;5-16H2,1-4H3/b12-8+;. The second-order valence-electron chi connectivity index (χ2n) is 11.8. The molecule has 0 aliphatic heterocycles. The minimum absolute atomic E-state index is 0.448. The van der Waals surface area contributed by atoms with Crippen LogP contribution in [0.2, 0.25) is 0 Å². The maximum absolute atomic E-state index is 5.94. The van der Waals surface area contributed by atoms with Gasteiger partial charge < -0.3 is 9.47 Å². The fraction of sp³-hybridized carbons (Fsp3) is 0.943. The Kier molecular flexibility index (Phi) is 30.1. The molecule has 2 heteroatoms. The average molecular weight is 525 g/mol. The molecule has 0 rings (SSSR count). The van der Waals surface area contributed by atoms with Gasteiger partial charge in [0.15, 0.2) is 0 Å². The van der Waals surface area contributed by atoms with Gasteiger partial charge in [0.25, 0.3) is 0 Å². The highest BCUT2D eigenvalue weighted by atomic mass is 16.5. The molecule has 0 N–H and O–H groups in total. The van der Waals surface area contributed by atoms with Crippen molar-refractivity contribution < 1.29 is 9.47 Å². The predicted molar refractivity (Wildman–Crippen MR) is 169 cm³/mol. The molecule has 0 spiro atoms. The Labute approximate surface area is 236 Å². The Bertz CT molecular complexity index is 413. The van der Waals surface area contributed by atoms with Crippen molar-refractivity contribution in [1.29, 1.82) is 0 Å². The van der Waals surface area contributed by atoms with Crippen LogP contribution in [0.3, 0.4) is 0 Å². The molecular formula is C35H72O2. The van der Waals surface area contributed by atoms with Gasteiger partial charge >= 0.3 is 0 Å². The van der Waals surface area contributed by atoms with E-state index in [-0.39, 0.29) is 0 Å². The normalized spacial score (nSPS) is 12.2. The number of ether oxygens (including phenoxy) is 2. The zero-order valence-corrected chi connectivity index (χ0v) is 27.2. The monoisotopic (exact) mass is 525 g/mol. The molecule has 0 aromatic heterocycles. The van der Waals surface area contributed by atoms with E-state index in [0.717, 1.165) is 32.8 Å². The SMILES string of the molecule is C/C=C/COCC(CCCC)(CCCC)CCCC.CCCCC(CCCC)(CCCC)COCCC. The van der Waals surface area contributed by atoms with E-state index in [9.17, 15) is 0 Å². The summed E-state index contributed by atoms with van der Waals surface area (Å²) in [5.41, 5.74) is 0.931. The van der Waals surface area contributed by atoms with Crippen LogP contribution in [-0.2, 0) is 9.47 Å². The first kappa shape index (κ1) is 38.8. The molecule has 0 unspecified atom stereocenters. The molecule has 0 amide bonds. The molecule has 0 fully saturated rings. The van der Waals surface area contributed by atoms with Gasteiger partial charge in [0.05, 0.1) is 19.8 Å². The molecule has 0 heterocycles. The van der Waals surface area contributed by atoms with Crippen LogP contribution in [-0.4, -0.2) is 26.4 Å². The molecule has 0 aliphatic rings. The van der Waals surface area contributed by atoms with Crippen LogP contribution in [0.4, 0.5) is 0 Å². The molecule has 0 aromatic carbocycles. The second-order valence-corrected chi connectivity index (χ2v) is 11.8. The van der Waals surface area contributed by atoms with Crippen molar-refractivity contribution in [2.24, 2.45) is 10.8 Å². The summed E-state index contributed by atoms with van der Waals surface area (Å²) in [5, 5.41) is 0. The Morgan fingerprint density at radius 3 is 1.05 bits per heavy atom. The lowest BCUT2D eigenvalue weighted by Gasteiger charge is -2.34. The minimum Gasteiger partial charge on any atom is -0.381 e. The van der Waals surface area contributed by atoms with Gasteiger partial charge in [-0.2, -0.15) is 0 Å². The van der Waals surface area contributed by atoms with E-state index >= 15 is 0 Å². The number of allylic oxidation sites excluding steroid dienone is 1. The Morgan fingerprint density at radius 2 is 0.784 bits per heavy atom. The van der Waals surface area contributed by atoms with Gasteiger partial charge in [-0.25, -0.2) is 0 Å². The molecular weight excluding hydrogens is 452 g/mol. The van der Waals surface area contributed by atoms with Crippen molar-refractivity contribution >= 4 is 0 Å². The lowest BCUT2D eigenvalue weighted by Crippen LogP contribution is -2.27. The van der Waals surface area contributed by atoms with Crippen molar-refractivity contribution in [3.63, 3.8) is 0 Å². The highest BCUT2D eigenvalue weighted by molar-refractivity contribution is 4.82. The number of unbranched alkanes of at least 4 members (excludes halogenated alkanes) is 6. The van der Waals surface area contributed by atoms with Crippen LogP contribution in [0.5, 0.6) is 0 Å². The summed E-state index contributed by atoms with van der Waals surface area (Å²) in [6.45, 7) is 21.7. The molecule has 2 nitrogen and oxygen atoms in total. The maximum atomic E-state index is 5.94. The third-order valence-corrected chi connectivity index (χ3v) is 7.98. The van der Waals surface area contributed by atoms with Crippen LogP contribution in [0.25, 0.3) is 0 Å². The third kappa shape index (κ3) is 22.2. The van der Waals surface area contributed by atoms with E-state index in [0.29, 0.717) is 10.8 Å². The van der Waals surface area contributed by atoms with Crippen LogP contribution in [0, 0.1) is 10.8 Å². The van der Waals surface area contributed by atoms with E-state index in [1.165, 1.54) is 116 Å². The first-order valence-electron chi connectivity index (χ1n) is 16.8. The molecule has 0 bridgehead atoms. The summed E-state index contributed by atoms with van der Waals surface area (Å²) in [5.74, 6) is 0. The summed E-state index contributed by atoms with van der Waals surface area (Å²) >= 11 is 0. The van der Waals surface area contributed by atoms with Crippen LogP contribution < -0.4 is 0 Å². The number of hydrogen-bond donors (Lipinski definition) is 0. The van der Waals surface area contributed by atoms with Crippen LogP contribution in [0.15, 0.2) is 12.2 Å². The summed E-state index contributed by atoms with van der Waals surface area (Å²) in [7, 11) is 0. The van der Waals surface area contributed by atoms with Gasteiger partial charge in [0, 0.05) is 6.61 Å². The molecule has 224 valence electrons. The van der Waals surface area contributed by atoms with E-state index < -0.39 is 0 Å². The summed E-state index contributed by atoms with van der Waals surface area (Å²) in [6.07, 6.45) is 29.5. The molecule has 0 aromatic rings. The van der Waals surface area contributed by atoms with E-state index in [1.54, 1.807) is 0 Å². The van der Waals surface area contributed by atoms with E-state index in [2.05, 4.69) is 67.5 Å². The summed E-state index contributed by atoms with van der Waals surface area (Å²) in [6, 6.07) is 0. The summed E-state index contributed by atoms with van der Waals surface area (Å²) < 4.78 is 11.9. The van der Waals surface area contributed by atoms with Crippen LogP contribution >= 0.6 is 0 Å². The van der Waals surface area contributed by atoms with Crippen LogP contribution in [0.1, 0.15) is 177 Å². The first-order valence-corrected chi connectivity index (χ1v) is 16.8. The van der Waals surface area contributed by atoms with Crippen molar-refractivity contribution in [2.45, 2.75) is 177 Å². The van der Waals surface area contributed by atoms with E-state index in [4.69, 9.17) is 9.47 Å². The number of rotatable bonds is 26. The van der Waals surface area contributed by atoms with Gasteiger partial charge in [-0.3, -0.25) is 0 Å². The lowest BCUT2D eigenvalue weighted by molar-refractivity contribution is 0.0228. The smallest absolute Gasteiger partial charge is 0.0647 e. The highest BCUT2D eigenvalue weighted by Gasteiger charge is 2.29. The highest BCUT2D eigenvalue weighted by Crippen LogP contribution is 2.38. The van der Waals surface area contributed by atoms with Crippen molar-refractivity contribution in [2.75, 3.05) is 26.4 Å². The molecule has 0 atom stereocenters. The number of hydrogen-bond acceptors (Lipinski definition) is 2. The molecule has 0 saturated carbocycles. The van der Waals surface area contributed by atoms with Gasteiger partial charge in [0.1, 0.15) is 0 Å². The lowest BCUT2D eigenvalue weighted by atomic mass is 9.75. The fourth-order valence-electron chi connectivity index (χ4n) is 5.37. The third-order valence-electron chi connectivity index (χ3n) is 7.98. The largest absolute Gasteiger partial charge is 0.381 e. The van der Waals surface area contributed by atoms with Gasteiger partial charge in [0.2, 0.25) is 0 Å². The predicted octanol–water partition coefficient (Wildman–Crippen LogP) is 12.1. The second kappa shape index (κ2) is 28.7. The Hall–Kier alpha value is -0.340. The quantitative estimate of drug-likeness (QED) is 0.0827. The maximum Gasteiger partial charge on any atom is 0.0647 e. The van der Waals surface area contributed by atoms with Crippen molar-refractivity contribution in [3.05, 3.63) is 12.2 Å². The summed E-state index contributed by atoms with van der Waals surface area (Å²) in [4.78, 5) is 0. The van der Waals surface area contributed by atoms with Crippen molar-refractivity contribution in [3.8, 4) is 0 Å². The van der Waals surface area contributed by atoms with Gasteiger partial charge in [-0.15, -0.1) is 0 Å². The van der Waals surface area contributed by atoms with Gasteiger partial charge in [-0.1, -0.05) is 138 Å². The Morgan fingerprint density at radius 1 is 0.459 bits per heavy atom. The molecule has 0 aliphatic carbocycles. The van der Waals surface area contributed by atoms with Gasteiger partial charge in [-0.05, 0) is 62.7 Å². The zero-order chi connectivity index (χ0) is 28.1. The molecule has 0 saturated heterocycles. The molecule has 37 heavy (non-hydrogen) atoms. The first-order chi connectivity index (χ1) is 18.0. The average Bonchev–Trinajstić information content (AvgIpc) is 2.92. The topological polar surface area (TPSA) is 18.5 Å². The van der Waals surface area contributed by atoms with E-state index in [1.807, 2.05) is 0 Å². The van der Waals surface area contributed by atoms with Crippen molar-refractivity contribution in [1.82, 2.24) is 0 Å². The zero-order valence-electron chi connectivity index (χ0n) is 27.2.